The number of hydrogen-bond donors (Lipinski definition) is 1. The van der Waals surface area contributed by atoms with E-state index in [0.717, 1.165) is 30.8 Å². The van der Waals surface area contributed by atoms with Crippen LogP contribution in [0.15, 0.2) is 48.5 Å². The number of para-hydroxylation sites is 1. The van der Waals surface area contributed by atoms with Crippen LogP contribution >= 0.6 is 0 Å². The molecule has 0 aliphatic carbocycles. The van der Waals surface area contributed by atoms with Gasteiger partial charge in [0.25, 0.3) is 0 Å². The largest absolute Gasteiger partial charge is 0.471 e. The van der Waals surface area contributed by atoms with Gasteiger partial charge in [0.2, 0.25) is 0 Å². The Hall–Kier alpha value is -2.49. The van der Waals surface area contributed by atoms with E-state index in [2.05, 4.69) is 37.4 Å². The number of carbonyl (C=O) groups excluding carboxylic acids is 1. The topological polar surface area (TPSA) is 41.6 Å². The molecule has 3 rings (SSSR count). The zero-order valence-corrected chi connectivity index (χ0v) is 15.2. The Bertz CT molecular complexity index is 725. The van der Waals surface area contributed by atoms with Gasteiger partial charge in [-0.3, -0.25) is 4.90 Å². The van der Waals surface area contributed by atoms with Gasteiger partial charge in [0, 0.05) is 12.2 Å². The number of hydrogen-bond acceptors (Lipinski definition) is 2. The van der Waals surface area contributed by atoms with E-state index >= 15 is 0 Å². The molecule has 4 nitrogen and oxygen atoms in total. The van der Waals surface area contributed by atoms with Gasteiger partial charge in [0.1, 0.15) is 5.75 Å². The number of aryl methyl sites for hydroxylation is 1. The number of nitrogens with one attached hydrogen (secondary N) is 1. The predicted molar refractivity (Wildman–Crippen MR) is 101 cm³/mol. The van der Waals surface area contributed by atoms with Gasteiger partial charge in [-0.1, -0.05) is 44.2 Å². The molecule has 1 atom stereocenters. The van der Waals surface area contributed by atoms with E-state index in [1.807, 2.05) is 37.3 Å². The third-order valence-electron chi connectivity index (χ3n) is 4.54. The van der Waals surface area contributed by atoms with E-state index in [1.165, 1.54) is 11.1 Å². The minimum Gasteiger partial charge on any atom is -0.471 e. The molecule has 132 valence electrons. The second-order valence-electron chi connectivity index (χ2n) is 6.82. The second-order valence-corrected chi connectivity index (χ2v) is 6.82. The van der Waals surface area contributed by atoms with Gasteiger partial charge in [0.05, 0.1) is 0 Å². The summed E-state index contributed by atoms with van der Waals surface area (Å²) >= 11 is 0. The van der Waals surface area contributed by atoms with E-state index in [-0.39, 0.29) is 6.03 Å². The molecule has 0 fully saturated rings. The van der Waals surface area contributed by atoms with Crippen molar-refractivity contribution in [3.05, 3.63) is 59.7 Å². The summed E-state index contributed by atoms with van der Waals surface area (Å²) in [6.45, 7) is 6.91. The molecule has 0 aromatic heterocycles. The Morgan fingerprint density at radius 2 is 1.80 bits per heavy atom. The normalized spacial score (nSPS) is 14.8. The molecule has 2 aromatic rings. The number of amides is 2. The molecule has 2 aromatic carbocycles. The highest BCUT2D eigenvalue weighted by Crippen LogP contribution is 2.26. The number of urea groups is 1. The van der Waals surface area contributed by atoms with Crippen LogP contribution in [-0.4, -0.2) is 18.8 Å². The average molecular weight is 338 g/mol. The molecule has 1 aliphatic rings. The lowest BCUT2D eigenvalue weighted by molar-refractivity contribution is 0.180. The SMILES string of the molecule is CC(NC(=O)N1CCCc2ccccc21)Oc1ccc(C(C)C)cc1. The Balaban J connectivity index is 1.61. The van der Waals surface area contributed by atoms with E-state index in [0.29, 0.717) is 5.92 Å². The van der Waals surface area contributed by atoms with Gasteiger partial charge in [0.15, 0.2) is 6.23 Å². The molecule has 0 radical (unpaired) electrons. The zero-order chi connectivity index (χ0) is 17.8. The Labute approximate surface area is 149 Å². The maximum Gasteiger partial charge on any atom is 0.324 e. The van der Waals surface area contributed by atoms with E-state index < -0.39 is 6.23 Å². The van der Waals surface area contributed by atoms with Crippen LogP contribution in [-0.2, 0) is 6.42 Å². The molecule has 4 heteroatoms. The van der Waals surface area contributed by atoms with Crippen LogP contribution in [0, 0.1) is 0 Å². The van der Waals surface area contributed by atoms with Crippen molar-refractivity contribution < 1.29 is 9.53 Å². The molecule has 0 bridgehead atoms. The van der Waals surface area contributed by atoms with Gasteiger partial charge in [-0.2, -0.15) is 0 Å². The number of anilines is 1. The van der Waals surface area contributed by atoms with Crippen molar-refractivity contribution in [3.8, 4) is 5.75 Å². The monoisotopic (exact) mass is 338 g/mol. The van der Waals surface area contributed by atoms with Crippen LogP contribution in [0.4, 0.5) is 10.5 Å². The van der Waals surface area contributed by atoms with Crippen molar-refractivity contribution in [2.75, 3.05) is 11.4 Å². The standard InChI is InChI=1S/C21H26N2O2/c1-15(2)17-10-12-19(13-11-17)25-16(3)22-21(24)23-14-6-8-18-7-4-5-9-20(18)23/h4-5,7,9-13,15-16H,6,8,14H2,1-3H3,(H,22,24). The van der Waals surface area contributed by atoms with Crippen LogP contribution in [0.1, 0.15) is 44.2 Å². The van der Waals surface area contributed by atoms with Crippen molar-refractivity contribution in [3.63, 3.8) is 0 Å². The first kappa shape index (κ1) is 17.3. The lowest BCUT2D eigenvalue weighted by atomic mass is 10.0. The molecule has 1 unspecified atom stereocenters. The second kappa shape index (κ2) is 7.60. The van der Waals surface area contributed by atoms with E-state index in [4.69, 9.17) is 4.74 Å². The molecular formula is C21H26N2O2. The molecule has 0 spiro atoms. The predicted octanol–water partition coefficient (Wildman–Crippen LogP) is 4.70. The highest BCUT2D eigenvalue weighted by Gasteiger charge is 2.23. The molecule has 1 N–H and O–H groups in total. The molecule has 0 saturated carbocycles. The fraction of sp³-hybridized carbons (Fsp3) is 0.381. The molecular weight excluding hydrogens is 312 g/mol. The quantitative estimate of drug-likeness (QED) is 0.821. The zero-order valence-electron chi connectivity index (χ0n) is 15.2. The maximum absolute atomic E-state index is 12.6. The summed E-state index contributed by atoms with van der Waals surface area (Å²) in [5.74, 6) is 1.25. The fourth-order valence-electron chi connectivity index (χ4n) is 3.16. The molecule has 0 saturated heterocycles. The van der Waals surface area contributed by atoms with E-state index in [1.54, 1.807) is 4.90 Å². The number of nitrogens with zero attached hydrogens (tertiary/aromatic N) is 1. The summed E-state index contributed by atoms with van der Waals surface area (Å²) in [7, 11) is 0. The van der Waals surface area contributed by atoms with Gasteiger partial charge in [-0.15, -0.1) is 0 Å². The average Bonchev–Trinajstić information content (AvgIpc) is 2.61. The number of rotatable bonds is 4. The number of ether oxygens (including phenoxy) is 1. The van der Waals surface area contributed by atoms with Crippen molar-refractivity contribution in [2.45, 2.75) is 45.8 Å². The van der Waals surface area contributed by atoms with E-state index in [9.17, 15) is 4.79 Å². The van der Waals surface area contributed by atoms with Crippen molar-refractivity contribution in [1.82, 2.24) is 5.32 Å². The Morgan fingerprint density at radius 3 is 2.52 bits per heavy atom. The van der Waals surface area contributed by atoms with Gasteiger partial charge < -0.3 is 10.1 Å². The highest BCUT2D eigenvalue weighted by atomic mass is 16.5. The smallest absolute Gasteiger partial charge is 0.324 e. The maximum atomic E-state index is 12.6. The van der Waals surface area contributed by atoms with Crippen molar-refractivity contribution in [2.24, 2.45) is 0 Å². The number of fused-ring (bicyclic) bond motifs is 1. The van der Waals surface area contributed by atoms with Crippen LogP contribution in [0.3, 0.4) is 0 Å². The first-order valence-electron chi connectivity index (χ1n) is 8.97. The van der Waals surface area contributed by atoms with Crippen LogP contribution in [0.5, 0.6) is 5.75 Å². The lowest BCUT2D eigenvalue weighted by Crippen LogP contribution is -2.47. The first-order valence-corrected chi connectivity index (χ1v) is 8.97. The fourth-order valence-corrected chi connectivity index (χ4v) is 3.16. The summed E-state index contributed by atoms with van der Waals surface area (Å²) in [5, 5.41) is 2.94. The van der Waals surface area contributed by atoms with Crippen LogP contribution in [0.2, 0.25) is 0 Å². The molecule has 1 aliphatic heterocycles. The minimum atomic E-state index is -0.397. The van der Waals surface area contributed by atoms with Crippen molar-refractivity contribution in [1.29, 1.82) is 0 Å². The summed E-state index contributed by atoms with van der Waals surface area (Å²) < 4.78 is 5.84. The van der Waals surface area contributed by atoms with Crippen molar-refractivity contribution >= 4 is 11.7 Å². The Morgan fingerprint density at radius 1 is 1.08 bits per heavy atom. The summed E-state index contributed by atoms with van der Waals surface area (Å²) in [6, 6.07) is 16.0. The molecule has 25 heavy (non-hydrogen) atoms. The molecule has 1 heterocycles. The van der Waals surface area contributed by atoms with Gasteiger partial charge in [-0.05, 0) is 55.0 Å². The molecule has 2 amide bonds. The third kappa shape index (κ3) is 4.13. The lowest BCUT2D eigenvalue weighted by Gasteiger charge is -2.30. The highest BCUT2D eigenvalue weighted by molar-refractivity contribution is 5.93. The Kier molecular flexibility index (Phi) is 5.27. The number of carbonyl (C=O) groups is 1. The van der Waals surface area contributed by atoms with Gasteiger partial charge >= 0.3 is 6.03 Å². The summed E-state index contributed by atoms with van der Waals surface area (Å²) in [5.41, 5.74) is 3.50. The van der Waals surface area contributed by atoms with Crippen LogP contribution in [0.25, 0.3) is 0 Å². The number of benzene rings is 2. The van der Waals surface area contributed by atoms with Crippen LogP contribution < -0.4 is 15.0 Å². The minimum absolute atomic E-state index is 0.113. The summed E-state index contributed by atoms with van der Waals surface area (Å²) in [6.07, 6.45) is 1.61. The first-order chi connectivity index (χ1) is 12.0. The third-order valence-corrected chi connectivity index (χ3v) is 4.54. The van der Waals surface area contributed by atoms with Gasteiger partial charge in [-0.25, -0.2) is 4.79 Å². The summed E-state index contributed by atoms with van der Waals surface area (Å²) in [4.78, 5) is 14.4.